The van der Waals surface area contributed by atoms with Crippen LogP contribution in [0.15, 0.2) is 0 Å². The molecule has 0 nitrogen and oxygen atoms in total. The summed E-state index contributed by atoms with van der Waals surface area (Å²) >= 11 is 0. The maximum atomic E-state index is 2.28. The number of rotatable bonds is 2. The molecule has 0 aromatic rings. The molecule has 1 heteroatoms. The van der Waals surface area contributed by atoms with Gasteiger partial charge in [-0.15, -0.1) is 0 Å². The molecule has 0 rings (SSSR count). The standard InChI is InChI=1S/C6H14.V/c1-4-6(3)5-2;/h6H,4-5H2,1-3H3;. The molecule has 0 heterocycles. The van der Waals surface area contributed by atoms with Crippen molar-refractivity contribution in [3.63, 3.8) is 0 Å². The van der Waals surface area contributed by atoms with E-state index in [1.165, 1.54) is 12.8 Å². The number of hydrogen-bond donors (Lipinski definition) is 0. The van der Waals surface area contributed by atoms with E-state index in [0.717, 1.165) is 5.92 Å². The van der Waals surface area contributed by atoms with Gasteiger partial charge in [0, 0.05) is 18.6 Å². The summed E-state index contributed by atoms with van der Waals surface area (Å²) in [7, 11) is 0. The zero-order valence-electron chi connectivity index (χ0n) is 5.44. The Morgan fingerprint density at radius 1 is 1.14 bits per heavy atom. The Balaban J connectivity index is 0. The van der Waals surface area contributed by atoms with E-state index >= 15 is 0 Å². The first kappa shape index (κ1) is 10.5. The minimum absolute atomic E-state index is 0. The first-order chi connectivity index (χ1) is 2.81. The third-order valence-electron chi connectivity index (χ3n) is 1.39. The second kappa shape index (κ2) is 6.58. The predicted octanol–water partition coefficient (Wildman–Crippen LogP) is 2.44. The van der Waals surface area contributed by atoms with Gasteiger partial charge in [0.2, 0.25) is 0 Å². The fourth-order valence-electron chi connectivity index (χ4n) is 0.289. The maximum absolute atomic E-state index is 2.28. The van der Waals surface area contributed by atoms with Crippen molar-refractivity contribution in [2.45, 2.75) is 33.6 Å². The molecule has 0 saturated carbocycles. The molecule has 0 saturated heterocycles. The average Bonchev–Trinajstić information content (AvgIpc) is 1.65. The van der Waals surface area contributed by atoms with Gasteiger partial charge in [-0.2, -0.15) is 0 Å². The van der Waals surface area contributed by atoms with Gasteiger partial charge in [0.15, 0.2) is 0 Å². The first-order valence-electron chi connectivity index (χ1n) is 2.81. The van der Waals surface area contributed by atoms with Gasteiger partial charge in [-0.05, 0) is 5.92 Å². The fourth-order valence-corrected chi connectivity index (χ4v) is 0.289. The van der Waals surface area contributed by atoms with Gasteiger partial charge in [0.1, 0.15) is 0 Å². The van der Waals surface area contributed by atoms with E-state index in [9.17, 15) is 0 Å². The SMILES string of the molecule is CCC(C)CC.[V]. The van der Waals surface area contributed by atoms with Crippen LogP contribution in [0.25, 0.3) is 0 Å². The third-order valence-corrected chi connectivity index (χ3v) is 1.39. The van der Waals surface area contributed by atoms with Gasteiger partial charge in [-0.25, -0.2) is 0 Å². The summed E-state index contributed by atoms with van der Waals surface area (Å²) in [6.45, 7) is 6.74. The summed E-state index contributed by atoms with van der Waals surface area (Å²) in [4.78, 5) is 0. The third kappa shape index (κ3) is 6.58. The fraction of sp³-hybridized carbons (Fsp3) is 1.00. The van der Waals surface area contributed by atoms with Crippen LogP contribution >= 0.6 is 0 Å². The first-order valence-corrected chi connectivity index (χ1v) is 2.81. The van der Waals surface area contributed by atoms with E-state index in [0.29, 0.717) is 0 Å². The molecule has 0 aliphatic rings. The second-order valence-electron chi connectivity index (χ2n) is 1.92. The monoisotopic (exact) mass is 137 g/mol. The summed E-state index contributed by atoms with van der Waals surface area (Å²) < 4.78 is 0. The Kier molecular flexibility index (Phi) is 9.92. The zero-order valence-corrected chi connectivity index (χ0v) is 6.84. The van der Waals surface area contributed by atoms with Crippen molar-refractivity contribution < 1.29 is 18.6 Å². The molecule has 0 unspecified atom stereocenters. The van der Waals surface area contributed by atoms with Gasteiger partial charge < -0.3 is 0 Å². The van der Waals surface area contributed by atoms with Crippen molar-refractivity contribution in [2.24, 2.45) is 5.92 Å². The van der Waals surface area contributed by atoms with Crippen LogP contribution in [-0.2, 0) is 18.6 Å². The van der Waals surface area contributed by atoms with E-state index < -0.39 is 0 Å². The molecule has 0 atom stereocenters. The van der Waals surface area contributed by atoms with E-state index in [1.54, 1.807) is 0 Å². The van der Waals surface area contributed by atoms with Crippen LogP contribution in [0.4, 0.5) is 0 Å². The molecule has 0 aromatic heterocycles. The molecule has 0 fully saturated rings. The van der Waals surface area contributed by atoms with Gasteiger partial charge in [-0.1, -0.05) is 33.6 Å². The molecule has 0 N–H and O–H groups in total. The van der Waals surface area contributed by atoms with Crippen LogP contribution < -0.4 is 0 Å². The van der Waals surface area contributed by atoms with Crippen LogP contribution in [0.3, 0.4) is 0 Å². The van der Waals surface area contributed by atoms with E-state index in [2.05, 4.69) is 20.8 Å². The normalized spacial score (nSPS) is 8.57. The quantitative estimate of drug-likeness (QED) is 0.548. The largest absolute Gasteiger partial charge is 0.0651 e. The topological polar surface area (TPSA) is 0 Å². The van der Waals surface area contributed by atoms with Crippen LogP contribution in [0.1, 0.15) is 33.6 Å². The predicted molar refractivity (Wildman–Crippen MR) is 29.7 cm³/mol. The van der Waals surface area contributed by atoms with Crippen molar-refractivity contribution in [1.82, 2.24) is 0 Å². The van der Waals surface area contributed by atoms with Gasteiger partial charge in [0.05, 0.1) is 0 Å². The summed E-state index contributed by atoms with van der Waals surface area (Å²) in [5.74, 6) is 0.935. The minimum Gasteiger partial charge on any atom is -0.0651 e. The smallest absolute Gasteiger partial charge is 0 e. The van der Waals surface area contributed by atoms with E-state index in [4.69, 9.17) is 0 Å². The molecule has 43 valence electrons. The summed E-state index contributed by atoms with van der Waals surface area (Å²) in [6, 6.07) is 0. The Hall–Kier alpha value is 0.584. The van der Waals surface area contributed by atoms with Crippen molar-refractivity contribution >= 4 is 0 Å². The van der Waals surface area contributed by atoms with Crippen molar-refractivity contribution in [2.75, 3.05) is 0 Å². The molecule has 0 amide bonds. The molecular formula is C6H14V. The second-order valence-corrected chi connectivity index (χ2v) is 1.92. The molecule has 0 bridgehead atoms. The molecule has 0 aliphatic carbocycles. The summed E-state index contributed by atoms with van der Waals surface area (Å²) in [5.41, 5.74) is 0. The van der Waals surface area contributed by atoms with Crippen molar-refractivity contribution in [3.05, 3.63) is 0 Å². The molecule has 0 aromatic carbocycles. The minimum atomic E-state index is 0. The molecular weight excluding hydrogens is 123 g/mol. The van der Waals surface area contributed by atoms with Crippen molar-refractivity contribution in [3.8, 4) is 0 Å². The van der Waals surface area contributed by atoms with Gasteiger partial charge >= 0.3 is 0 Å². The Morgan fingerprint density at radius 3 is 1.43 bits per heavy atom. The summed E-state index contributed by atoms with van der Waals surface area (Å²) in [5, 5.41) is 0. The van der Waals surface area contributed by atoms with Crippen LogP contribution in [0, 0.1) is 5.92 Å². The summed E-state index contributed by atoms with van der Waals surface area (Å²) in [6.07, 6.45) is 2.66. The van der Waals surface area contributed by atoms with E-state index in [1.807, 2.05) is 0 Å². The Morgan fingerprint density at radius 2 is 1.43 bits per heavy atom. The van der Waals surface area contributed by atoms with Crippen LogP contribution in [-0.4, -0.2) is 0 Å². The Bertz CT molecular complexity index is 23.4. The number of hydrogen-bond acceptors (Lipinski definition) is 0. The molecule has 0 spiro atoms. The molecule has 1 radical (unpaired) electrons. The maximum Gasteiger partial charge on any atom is 0 e. The molecule has 0 aliphatic heterocycles. The van der Waals surface area contributed by atoms with E-state index in [-0.39, 0.29) is 18.6 Å². The Labute approximate surface area is 58.6 Å². The van der Waals surface area contributed by atoms with Gasteiger partial charge in [0.25, 0.3) is 0 Å². The van der Waals surface area contributed by atoms with Crippen LogP contribution in [0.2, 0.25) is 0 Å². The van der Waals surface area contributed by atoms with Gasteiger partial charge in [-0.3, -0.25) is 0 Å². The van der Waals surface area contributed by atoms with Crippen molar-refractivity contribution in [1.29, 1.82) is 0 Å². The molecule has 7 heavy (non-hydrogen) atoms. The van der Waals surface area contributed by atoms with Crippen LogP contribution in [0.5, 0.6) is 0 Å². The average molecular weight is 137 g/mol. The zero-order chi connectivity index (χ0) is 4.99.